The van der Waals surface area contributed by atoms with Gasteiger partial charge in [0.1, 0.15) is 11.5 Å². The molecule has 0 aromatic carbocycles. The highest BCUT2D eigenvalue weighted by Gasteiger charge is 2.29. The van der Waals surface area contributed by atoms with Crippen molar-refractivity contribution in [2.24, 2.45) is 0 Å². The van der Waals surface area contributed by atoms with Gasteiger partial charge in [-0.25, -0.2) is 23.9 Å². The maximum atomic E-state index is 14.8. The number of fused-ring (bicyclic) bond motifs is 1. The van der Waals surface area contributed by atoms with Crippen LogP contribution in [0.2, 0.25) is 0 Å². The van der Waals surface area contributed by atoms with Gasteiger partial charge in [-0.1, -0.05) is 13.8 Å². The Labute approximate surface area is 226 Å². The summed E-state index contributed by atoms with van der Waals surface area (Å²) in [5.74, 6) is 0.484. The molecule has 4 aromatic rings. The third-order valence-electron chi connectivity index (χ3n) is 7.58. The van der Waals surface area contributed by atoms with E-state index in [0.717, 1.165) is 43.2 Å². The molecule has 1 amide bonds. The Balaban J connectivity index is 1.17. The van der Waals surface area contributed by atoms with Crippen molar-refractivity contribution in [3.05, 3.63) is 65.5 Å². The molecular formula is C29H33FN8O. The number of amides is 1. The van der Waals surface area contributed by atoms with E-state index in [0.29, 0.717) is 34.7 Å². The molecule has 6 rings (SSSR count). The van der Waals surface area contributed by atoms with Crippen LogP contribution in [0.1, 0.15) is 67.1 Å². The van der Waals surface area contributed by atoms with Gasteiger partial charge in [0.2, 0.25) is 5.95 Å². The van der Waals surface area contributed by atoms with Gasteiger partial charge in [-0.05, 0) is 62.8 Å². The second-order valence-electron chi connectivity index (χ2n) is 10.9. The average Bonchev–Trinajstić information content (AvgIpc) is 3.64. The van der Waals surface area contributed by atoms with E-state index in [-0.39, 0.29) is 23.5 Å². The molecule has 0 unspecified atom stereocenters. The summed E-state index contributed by atoms with van der Waals surface area (Å²) in [5.41, 5.74) is 4.03. The minimum absolute atomic E-state index is 0.00720. The number of nitrogens with zero attached hydrogens (tertiary/aromatic N) is 6. The van der Waals surface area contributed by atoms with Crippen molar-refractivity contribution < 1.29 is 9.18 Å². The summed E-state index contributed by atoms with van der Waals surface area (Å²) < 4.78 is 16.6. The van der Waals surface area contributed by atoms with Gasteiger partial charge in [0.15, 0.2) is 5.82 Å². The van der Waals surface area contributed by atoms with Gasteiger partial charge in [0.25, 0.3) is 5.91 Å². The van der Waals surface area contributed by atoms with Crippen LogP contribution in [0.15, 0.2) is 42.9 Å². The number of likely N-dealkylation sites (tertiary alicyclic amines) is 1. The van der Waals surface area contributed by atoms with Crippen LogP contribution >= 0.6 is 0 Å². The summed E-state index contributed by atoms with van der Waals surface area (Å²) >= 11 is 0. The van der Waals surface area contributed by atoms with Crippen molar-refractivity contribution in [1.82, 2.24) is 34.8 Å². The minimum atomic E-state index is -0.517. The Bertz CT molecular complexity index is 1520. The number of pyridine rings is 2. The first kappa shape index (κ1) is 25.4. The van der Waals surface area contributed by atoms with E-state index in [2.05, 4.69) is 44.5 Å². The number of carbonyl (C=O) groups excluding carboxylic acids is 1. The summed E-state index contributed by atoms with van der Waals surface area (Å²) in [5, 5.41) is 11.1. The second kappa shape index (κ2) is 10.3. The first-order valence-corrected chi connectivity index (χ1v) is 13.7. The van der Waals surface area contributed by atoms with E-state index < -0.39 is 5.82 Å². The largest absolute Gasteiger partial charge is 0.338 e. The Morgan fingerprint density at radius 2 is 1.82 bits per heavy atom. The number of halogens is 1. The molecule has 0 bridgehead atoms. The highest BCUT2D eigenvalue weighted by atomic mass is 19.1. The quantitative estimate of drug-likeness (QED) is 0.353. The lowest BCUT2D eigenvalue weighted by Gasteiger charge is -2.32. The minimum Gasteiger partial charge on any atom is -0.338 e. The third-order valence-corrected chi connectivity index (χ3v) is 7.58. The monoisotopic (exact) mass is 528 g/mol. The molecule has 1 saturated carbocycles. The molecule has 1 saturated heterocycles. The smallest absolute Gasteiger partial charge is 0.255 e. The van der Waals surface area contributed by atoms with Crippen LogP contribution in [-0.4, -0.2) is 60.5 Å². The summed E-state index contributed by atoms with van der Waals surface area (Å²) in [6.45, 7) is 7.52. The van der Waals surface area contributed by atoms with Crippen molar-refractivity contribution in [2.45, 2.75) is 64.5 Å². The van der Waals surface area contributed by atoms with Crippen molar-refractivity contribution in [1.29, 1.82) is 0 Å². The van der Waals surface area contributed by atoms with Crippen LogP contribution in [0, 0.1) is 12.7 Å². The number of aryl methyl sites for hydroxylation is 1. The summed E-state index contributed by atoms with van der Waals surface area (Å²) in [6, 6.07) is 8.39. The predicted octanol–water partition coefficient (Wildman–Crippen LogP) is 4.86. The van der Waals surface area contributed by atoms with Gasteiger partial charge in [0.05, 0.1) is 29.2 Å². The van der Waals surface area contributed by atoms with Gasteiger partial charge < -0.3 is 15.5 Å². The summed E-state index contributed by atoms with van der Waals surface area (Å²) in [4.78, 5) is 28.2. The zero-order valence-electron chi connectivity index (χ0n) is 22.5. The van der Waals surface area contributed by atoms with Crippen LogP contribution < -0.4 is 10.6 Å². The van der Waals surface area contributed by atoms with Gasteiger partial charge in [-0.2, -0.15) is 5.10 Å². The molecule has 5 heterocycles. The molecule has 4 aromatic heterocycles. The molecular weight excluding hydrogens is 495 g/mol. The van der Waals surface area contributed by atoms with Crippen LogP contribution in [0.5, 0.6) is 0 Å². The lowest BCUT2D eigenvalue weighted by Crippen LogP contribution is -2.45. The lowest BCUT2D eigenvalue weighted by molar-refractivity contribution is 0.0703. The molecule has 1 aliphatic heterocycles. The zero-order chi connectivity index (χ0) is 27.1. The highest BCUT2D eigenvalue weighted by Crippen LogP contribution is 2.28. The van der Waals surface area contributed by atoms with Gasteiger partial charge >= 0.3 is 0 Å². The Kier molecular flexibility index (Phi) is 6.72. The molecule has 202 valence electrons. The molecule has 2 N–H and O–H groups in total. The number of piperidine rings is 1. The number of nitrogens with one attached hydrogen (secondary N) is 2. The number of hydrogen-bond donors (Lipinski definition) is 2. The van der Waals surface area contributed by atoms with Crippen molar-refractivity contribution in [3.8, 4) is 11.3 Å². The van der Waals surface area contributed by atoms with Crippen LogP contribution in [-0.2, 0) is 0 Å². The van der Waals surface area contributed by atoms with Crippen molar-refractivity contribution in [3.63, 3.8) is 0 Å². The number of hydrogen-bond acceptors (Lipinski definition) is 7. The van der Waals surface area contributed by atoms with Crippen LogP contribution in [0.4, 0.5) is 16.2 Å². The normalized spacial score (nSPS) is 16.3. The molecule has 9 nitrogen and oxygen atoms in total. The number of rotatable bonds is 7. The van der Waals surface area contributed by atoms with Gasteiger partial charge in [-0.3, -0.25) is 4.79 Å². The van der Waals surface area contributed by atoms with E-state index in [9.17, 15) is 9.18 Å². The predicted molar refractivity (Wildman–Crippen MR) is 148 cm³/mol. The molecule has 0 radical (unpaired) electrons. The van der Waals surface area contributed by atoms with Crippen LogP contribution in [0.25, 0.3) is 16.8 Å². The number of carbonyl (C=O) groups is 1. The fourth-order valence-electron chi connectivity index (χ4n) is 5.20. The van der Waals surface area contributed by atoms with E-state index in [4.69, 9.17) is 0 Å². The molecule has 2 fully saturated rings. The fraction of sp³-hybridized carbons (Fsp3) is 0.414. The average molecular weight is 529 g/mol. The summed E-state index contributed by atoms with van der Waals surface area (Å²) in [7, 11) is 0. The SMILES string of the molecule is Cc1nc(Nc2ncc(F)c(-c3ccn4ncc(C(C)C)c4c3)n2)ccc1C(=O)N1CCC(NC2CC2)CC1. The first-order chi connectivity index (χ1) is 18.9. The molecule has 0 atom stereocenters. The Morgan fingerprint density at radius 3 is 2.54 bits per heavy atom. The molecule has 39 heavy (non-hydrogen) atoms. The van der Waals surface area contributed by atoms with E-state index >= 15 is 0 Å². The van der Waals surface area contributed by atoms with Crippen molar-refractivity contribution in [2.75, 3.05) is 18.4 Å². The Hall–Kier alpha value is -3.92. The highest BCUT2D eigenvalue weighted by molar-refractivity contribution is 5.95. The van der Waals surface area contributed by atoms with E-state index in [1.165, 1.54) is 12.8 Å². The molecule has 10 heteroatoms. The van der Waals surface area contributed by atoms with E-state index in [1.54, 1.807) is 28.9 Å². The zero-order valence-corrected chi connectivity index (χ0v) is 22.5. The van der Waals surface area contributed by atoms with E-state index in [1.807, 2.05) is 24.1 Å². The number of anilines is 2. The summed E-state index contributed by atoms with van der Waals surface area (Å²) in [6.07, 6.45) is 9.30. The molecule has 2 aliphatic rings. The maximum Gasteiger partial charge on any atom is 0.255 e. The maximum absolute atomic E-state index is 14.8. The molecule has 0 spiro atoms. The number of aromatic nitrogens is 5. The molecule has 1 aliphatic carbocycles. The van der Waals surface area contributed by atoms with Gasteiger partial charge in [0, 0.05) is 42.5 Å². The standard InChI is InChI=1S/C29H33FN8O/c1-17(2)23-15-32-38-13-8-19(14-25(23)38)27-24(30)16-31-29(36-27)35-26-7-6-22(18(3)33-26)28(39)37-11-9-21(10-12-37)34-20-4-5-20/h6-8,13-17,20-21,34H,4-5,9-12H2,1-3H3,(H,31,33,35,36). The lowest BCUT2D eigenvalue weighted by atomic mass is 10.0. The second-order valence-corrected chi connectivity index (χ2v) is 10.9. The first-order valence-electron chi connectivity index (χ1n) is 13.7. The Morgan fingerprint density at radius 1 is 1.05 bits per heavy atom. The topological polar surface area (TPSA) is 100 Å². The van der Waals surface area contributed by atoms with Crippen LogP contribution in [0.3, 0.4) is 0 Å². The fourth-order valence-corrected chi connectivity index (χ4v) is 5.20. The third kappa shape index (κ3) is 5.34. The van der Waals surface area contributed by atoms with Gasteiger partial charge in [-0.15, -0.1) is 0 Å². The van der Waals surface area contributed by atoms with Crippen molar-refractivity contribution >= 4 is 23.2 Å².